The van der Waals surface area contributed by atoms with Crippen LogP contribution in [-0.4, -0.2) is 27.2 Å². The van der Waals surface area contributed by atoms with E-state index in [2.05, 4.69) is 15.5 Å². The number of hydrogen-bond donors (Lipinski definition) is 2. The third-order valence-electron chi connectivity index (χ3n) is 3.58. The molecule has 0 aliphatic heterocycles. The number of aromatic nitrogens is 2. The van der Waals surface area contributed by atoms with Crippen molar-refractivity contribution in [1.29, 1.82) is 0 Å². The van der Waals surface area contributed by atoms with E-state index >= 15 is 0 Å². The Bertz CT molecular complexity index is 441. The highest BCUT2D eigenvalue weighted by Gasteiger charge is 2.36. The predicted molar refractivity (Wildman–Crippen MR) is 70.9 cm³/mol. The lowest BCUT2D eigenvalue weighted by atomic mass is 9.69. The van der Waals surface area contributed by atoms with Crippen LogP contribution >= 0.6 is 11.3 Å². The standard InChI is InChI=1S/C12H17N3O3S/c16-9(14-11-15-13-8-19-11)6-12(7-10(17)18)4-2-1-3-5-12/h8H,1-7H2,(H,17,18)(H,14,15,16). The summed E-state index contributed by atoms with van der Waals surface area (Å²) in [6.07, 6.45) is 5.05. The number of anilines is 1. The molecule has 0 bridgehead atoms. The highest BCUT2D eigenvalue weighted by Crippen LogP contribution is 2.42. The molecule has 1 amide bonds. The first kappa shape index (κ1) is 13.9. The normalized spacial score (nSPS) is 17.9. The van der Waals surface area contributed by atoms with Gasteiger partial charge in [-0.1, -0.05) is 30.6 Å². The van der Waals surface area contributed by atoms with Crippen molar-refractivity contribution < 1.29 is 14.7 Å². The summed E-state index contributed by atoms with van der Waals surface area (Å²) in [6.45, 7) is 0. The summed E-state index contributed by atoms with van der Waals surface area (Å²) >= 11 is 1.26. The molecule has 0 aromatic carbocycles. The Labute approximate surface area is 115 Å². The molecule has 1 heterocycles. The van der Waals surface area contributed by atoms with Crippen molar-refractivity contribution >= 4 is 28.3 Å². The van der Waals surface area contributed by atoms with Crippen LogP contribution in [0.1, 0.15) is 44.9 Å². The van der Waals surface area contributed by atoms with Crippen LogP contribution in [0.2, 0.25) is 0 Å². The molecule has 0 radical (unpaired) electrons. The van der Waals surface area contributed by atoms with Crippen LogP contribution in [0.5, 0.6) is 0 Å². The van der Waals surface area contributed by atoms with E-state index in [1.807, 2.05) is 0 Å². The van der Waals surface area contributed by atoms with Crippen LogP contribution in [0.4, 0.5) is 5.13 Å². The smallest absolute Gasteiger partial charge is 0.303 e. The Kier molecular flexibility index (Phi) is 4.47. The maximum Gasteiger partial charge on any atom is 0.303 e. The fourth-order valence-electron chi connectivity index (χ4n) is 2.77. The van der Waals surface area contributed by atoms with E-state index in [9.17, 15) is 9.59 Å². The number of aliphatic carboxylic acids is 1. The lowest BCUT2D eigenvalue weighted by molar-refractivity contribution is -0.140. The zero-order valence-corrected chi connectivity index (χ0v) is 11.4. The minimum Gasteiger partial charge on any atom is -0.481 e. The van der Waals surface area contributed by atoms with Gasteiger partial charge in [-0.3, -0.25) is 9.59 Å². The molecule has 1 aromatic heterocycles. The zero-order chi connectivity index (χ0) is 13.7. The van der Waals surface area contributed by atoms with E-state index in [0.717, 1.165) is 32.1 Å². The summed E-state index contributed by atoms with van der Waals surface area (Å²) in [5.74, 6) is -0.995. The molecule has 0 atom stereocenters. The summed E-state index contributed by atoms with van der Waals surface area (Å²) in [5.41, 5.74) is 1.15. The molecule has 104 valence electrons. The Hall–Kier alpha value is -1.50. The van der Waals surface area contributed by atoms with Gasteiger partial charge in [0, 0.05) is 6.42 Å². The first-order valence-electron chi connectivity index (χ1n) is 6.37. The third-order valence-corrected chi connectivity index (χ3v) is 4.19. The number of carbonyl (C=O) groups excluding carboxylic acids is 1. The molecule has 7 heteroatoms. The van der Waals surface area contributed by atoms with Gasteiger partial charge in [-0.05, 0) is 18.3 Å². The lowest BCUT2D eigenvalue weighted by Gasteiger charge is -2.35. The van der Waals surface area contributed by atoms with Crippen LogP contribution in [0.15, 0.2) is 5.51 Å². The molecule has 0 spiro atoms. The molecule has 1 aliphatic carbocycles. The van der Waals surface area contributed by atoms with Crippen LogP contribution in [0.25, 0.3) is 0 Å². The second-order valence-electron chi connectivity index (χ2n) is 5.10. The summed E-state index contributed by atoms with van der Waals surface area (Å²) < 4.78 is 0. The van der Waals surface area contributed by atoms with Crippen molar-refractivity contribution in [2.75, 3.05) is 5.32 Å². The summed E-state index contributed by atoms with van der Waals surface area (Å²) in [6, 6.07) is 0. The van der Waals surface area contributed by atoms with Gasteiger partial charge in [0.05, 0.1) is 6.42 Å². The molecule has 2 rings (SSSR count). The van der Waals surface area contributed by atoms with Crippen molar-refractivity contribution in [1.82, 2.24) is 10.2 Å². The van der Waals surface area contributed by atoms with Gasteiger partial charge in [0.2, 0.25) is 11.0 Å². The molecule has 1 aromatic rings. The summed E-state index contributed by atoms with van der Waals surface area (Å²) in [7, 11) is 0. The number of hydrogen-bond acceptors (Lipinski definition) is 5. The molecule has 1 fully saturated rings. The Morgan fingerprint density at radius 2 is 2.05 bits per heavy atom. The van der Waals surface area contributed by atoms with Crippen molar-refractivity contribution in [3.8, 4) is 0 Å². The highest BCUT2D eigenvalue weighted by atomic mass is 32.1. The van der Waals surface area contributed by atoms with Crippen molar-refractivity contribution in [2.45, 2.75) is 44.9 Å². The van der Waals surface area contributed by atoms with E-state index < -0.39 is 11.4 Å². The fraction of sp³-hybridized carbons (Fsp3) is 0.667. The molecule has 19 heavy (non-hydrogen) atoms. The maximum absolute atomic E-state index is 12.0. The predicted octanol–water partition coefficient (Wildman–Crippen LogP) is 2.29. The fourth-order valence-corrected chi connectivity index (χ4v) is 3.23. The van der Waals surface area contributed by atoms with Crippen LogP contribution < -0.4 is 5.32 Å². The second-order valence-corrected chi connectivity index (χ2v) is 5.93. The lowest BCUT2D eigenvalue weighted by Crippen LogP contribution is -2.32. The Morgan fingerprint density at radius 1 is 1.32 bits per heavy atom. The maximum atomic E-state index is 12.0. The molecule has 0 saturated heterocycles. The minimum absolute atomic E-state index is 0.0660. The number of rotatable bonds is 5. The second kappa shape index (κ2) is 6.10. The largest absolute Gasteiger partial charge is 0.481 e. The van der Waals surface area contributed by atoms with Crippen molar-refractivity contribution in [2.24, 2.45) is 5.41 Å². The first-order chi connectivity index (χ1) is 9.10. The van der Waals surface area contributed by atoms with Crippen LogP contribution in [0.3, 0.4) is 0 Å². The Balaban J connectivity index is 1.98. The van der Waals surface area contributed by atoms with E-state index in [-0.39, 0.29) is 18.7 Å². The van der Waals surface area contributed by atoms with Gasteiger partial charge in [-0.15, -0.1) is 10.2 Å². The monoisotopic (exact) mass is 283 g/mol. The number of carboxylic acid groups (broad SMARTS) is 1. The number of carboxylic acids is 1. The zero-order valence-electron chi connectivity index (χ0n) is 10.6. The van der Waals surface area contributed by atoms with Gasteiger partial charge >= 0.3 is 5.97 Å². The van der Waals surface area contributed by atoms with Gasteiger partial charge < -0.3 is 10.4 Å². The topological polar surface area (TPSA) is 92.2 Å². The molecule has 6 nitrogen and oxygen atoms in total. The number of amides is 1. The number of nitrogens with zero attached hydrogens (tertiary/aromatic N) is 2. The summed E-state index contributed by atoms with van der Waals surface area (Å²) in [4.78, 5) is 23.0. The first-order valence-corrected chi connectivity index (χ1v) is 7.25. The molecular weight excluding hydrogens is 266 g/mol. The van der Waals surface area contributed by atoms with Crippen LogP contribution in [0, 0.1) is 5.41 Å². The average molecular weight is 283 g/mol. The van der Waals surface area contributed by atoms with Crippen molar-refractivity contribution in [3.05, 3.63) is 5.51 Å². The van der Waals surface area contributed by atoms with Gasteiger partial charge in [0.1, 0.15) is 5.51 Å². The van der Waals surface area contributed by atoms with Gasteiger partial charge in [0.25, 0.3) is 0 Å². The SMILES string of the molecule is O=C(O)CC1(CC(=O)Nc2nncs2)CCCCC1. The van der Waals surface area contributed by atoms with E-state index in [0.29, 0.717) is 5.13 Å². The highest BCUT2D eigenvalue weighted by molar-refractivity contribution is 7.13. The van der Waals surface area contributed by atoms with Crippen LogP contribution in [-0.2, 0) is 9.59 Å². The minimum atomic E-state index is -0.828. The van der Waals surface area contributed by atoms with E-state index in [4.69, 9.17) is 5.11 Å². The van der Waals surface area contributed by atoms with Gasteiger partial charge in [-0.25, -0.2) is 0 Å². The number of carbonyl (C=O) groups is 2. The van der Waals surface area contributed by atoms with E-state index in [1.165, 1.54) is 11.3 Å². The van der Waals surface area contributed by atoms with Gasteiger partial charge in [-0.2, -0.15) is 0 Å². The van der Waals surface area contributed by atoms with E-state index in [1.54, 1.807) is 5.51 Å². The van der Waals surface area contributed by atoms with Gasteiger partial charge in [0.15, 0.2) is 0 Å². The molecule has 1 saturated carbocycles. The summed E-state index contributed by atoms with van der Waals surface area (Å²) in [5, 5.41) is 19.6. The third kappa shape index (κ3) is 3.99. The molecule has 2 N–H and O–H groups in total. The quantitative estimate of drug-likeness (QED) is 0.865. The molecule has 0 unspecified atom stereocenters. The average Bonchev–Trinajstić information content (AvgIpc) is 2.81. The number of nitrogens with one attached hydrogen (secondary N) is 1. The van der Waals surface area contributed by atoms with Crippen molar-refractivity contribution in [3.63, 3.8) is 0 Å². The molecule has 1 aliphatic rings. The Morgan fingerprint density at radius 3 is 2.63 bits per heavy atom. The molecular formula is C12H17N3O3S.